The summed E-state index contributed by atoms with van der Waals surface area (Å²) in [6.45, 7) is 11.6. The Hall–Kier alpha value is -2.08. The number of nitrogen functional groups attached to an aromatic ring is 1. The van der Waals surface area contributed by atoms with Gasteiger partial charge in [0.2, 0.25) is 0 Å². The highest BCUT2D eigenvalue weighted by atomic mass is 31.1. The van der Waals surface area contributed by atoms with Crippen LogP contribution in [0.15, 0.2) is 18.5 Å². The predicted octanol–water partition coefficient (Wildman–Crippen LogP) is 2.81. The molecule has 0 amide bonds. The molecule has 2 aromatic rings. The Labute approximate surface area is 217 Å². The summed E-state index contributed by atoms with van der Waals surface area (Å²) >= 11 is 0. The maximum atomic E-state index is 12.7. The molecule has 12 nitrogen and oxygen atoms in total. The molecule has 2 saturated heterocycles. The van der Waals surface area contributed by atoms with Gasteiger partial charge in [-0.1, -0.05) is 26.7 Å². The van der Waals surface area contributed by atoms with E-state index in [9.17, 15) is 9.36 Å². The lowest BCUT2D eigenvalue weighted by Crippen LogP contribution is -2.39. The molecule has 0 bridgehead atoms. The maximum absolute atomic E-state index is 12.7. The monoisotopic (exact) mass is 539 g/mol. The van der Waals surface area contributed by atoms with Gasteiger partial charge in [-0.3, -0.25) is 9.36 Å². The Morgan fingerprint density at radius 3 is 2.68 bits per heavy atom. The van der Waals surface area contributed by atoms with Crippen molar-refractivity contribution in [2.75, 3.05) is 18.9 Å². The molecule has 2 aromatic heterocycles. The van der Waals surface area contributed by atoms with Crippen LogP contribution in [-0.4, -0.2) is 63.9 Å². The number of anilines is 1. The van der Waals surface area contributed by atoms with Crippen LogP contribution in [0.1, 0.15) is 60.1 Å². The quantitative estimate of drug-likeness (QED) is 0.321. The minimum absolute atomic E-state index is 0.0308. The number of carbonyl (C=O) groups is 1. The molecule has 2 aliphatic heterocycles. The Balaban J connectivity index is 1.42. The molecule has 0 spiro atoms. The topological polar surface area (TPSA) is 149 Å². The summed E-state index contributed by atoms with van der Waals surface area (Å²) < 4.78 is 44.2. The first kappa shape index (κ1) is 27.9. The third-order valence-corrected chi connectivity index (χ3v) is 8.21. The van der Waals surface area contributed by atoms with Gasteiger partial charge < -0.3 is 29.2 Å². The van der Waals surface area contributed by atoms with Gasteiger partial charge in [-0.15, -0.1) is 0 Å². The van der Waals surface area contributed by atoms with Crippen LogP contribution in [0.5, 0.6) is 0 Å². The molecule has 4 heterocycles. The van der Waals surface area contributed by atoms with Gasteiger partial charge >= 0.3 is 5.97 Å². The number of nitrogens with two attached hydrogens (primary N) is 1. The van der Waals surface area contributed by atoms with Crippen LogP contribution in [0, 0.1) is 5.92 Å². The van der Waals surface area contributed by atoms with E-state index in [1.165, 1.54) is 6.33 Å². The number of carbonyl (C=O) groups excluding carboxylic acids is 1. The average molecular weight is 540 g/mol. The molecule has 2 aliphatic rings. The number of nitrogens with zero attached hydrogens (tertiary/aromatic N) is 3. The number of hydrogen-bond acceptors (Lipinski definition) is 10. The number of hydrogen-bond donors (Lipinski definition) is 2. The molecule has 4 rings (SSSR count). The lowest BCUT2D eigenvalue weighted by Gasteiger charge is -2.31. The summed E-state index contributed by atoms with van der Waals surface area (Å²) in [6.07, 6.45) is 1.68. The van der Waals surface area contributed by atoms with Crippen LogP contribution < -0.4 is 10.8 Å². The molecule has 13 heteroatoms. The summed E-state index contributed by atoms with van der Waals surface area (Å²) in [6, 6.07) is 2.92. The summed E-state index contributed by atoms with van der Waals surface area (Å²) in [5.41, 5.74) is 6.42. The second-order valence-electron chi connectivity index (χ2n) is 10.2. The van der Waals surface area contributed by atoms with Gasteiger partial charge in [0, 0.05) is 0 Å². The third kappa shape index (κ3) is 5.69. The molecule has 206 valence electrons. The first-order valence-electron chi connectivity index (χ1n) is 12.7. The van der Waals surface area contributed by atoms with Crippen LogP contribution in [-0.2, 0) is 38.4 Å². The van der Waals surface area contributed by atoms with Crippen LogP contribution in [0.25, 0.3) is 5.52 Å². The number of esters is 1. The van der Waals surface area contributed by atoms with E-state index in [1.807, 2.05) is 32.9 Å². The number of ether oxygens (including phenoxy) is 4. The minimum Gasteiger partial charge on any atom is -0.464 e. The van der Waals surface area contributed by atoms with Gasteiger partial charge in [0.15, 0.2) is 11.6 Å². The number of nitrogens with one attached hydrogen (secondary N) is 1. The van der Waals surface area contributed by atoms with Gasteiger partial charge in [-0.25, -0.2) is 14.6 Å². The standard InChI is InChI=1S/C24H38N5O7P/c1-7-15(8-2)11-32-22(30)14(3)28-37(31)33-12-17-19-20(36-23(4,5)35-19)24(6,34-17)18-10-9-16-21(25)26-13-27-29(16)18/h9-10,13-15,17,19-20,37H,7-8,11-12H2,1-6H3,(H,28,31)(H2,25,26,27)/t14-,17+,19+,20+,24-/m0/s1. The molecule has 0 aromatic carbocycles. The van der Waals surface area contributed by atoms with Crippen LogP contribution in [0.3, 0.4) is 0 Å². The average Bonchev–Trinajstić information content (AvgIpc) is 3.50. The van der Waals surface area contributed by atoms with Crippen molar-refractivity contribution in [1.82, 2.24) is 19.7 Å². The maximum Gasteiger partial charge on any atom is 0.323 e. The van der Waals surface area contributed by atoms with Gasteiger partial charge in [-0.05, 0) is 45.7 Å². The molecular weight excluding hydrogens is 501 g/mol. The molecule has 6 atom stereocenters. The summed E-state index contributed by atoms with van der Waals surface area (Å²) in [7, 11) is -2.78. The largest absolute Gasteiger partial charge is 0.464 e. The van der Waals surface area contributed by atoms with E-state index in [1.54, 1.807) is 11.4 Å². The highest BCUT2D eigenvalue weighted by Crippen LogP contribution is 2.49. The van der Waals surface area contributed by atoms with Gasteiger partial charge in [0.1, 0.15) is 41.8 Å². The van der Waals surface area contributed by atoms with E-state index in [0.29, 0.717) is 23.9 Å². The van der Waals surface area contributed by atoms with Crippen molar-refractivity contribution in [3.8, 4) is 0 Å². The first-order chi connectivity index (χ1) is 17.5. The zero-order valence-corrected chi connectivity index (χ0v) is 23.2. The molecule has 0 radical (unpaired) electrons. The second kappa shape index (κ2) is 11.0. The van der Waals surface area contributed by atoms with E-state index in [-0.39, 0.29) is 6.61 Å². The molecule has 2 fully saturated rings. The first-order valence-corrected chi connectivity index (χ1v) is 14.0. The van der Waals surface area contributed by atoms with Crippen molar-refractivity contribution < 1.29 is 32.8 Å². The highest BCUT2D eigenvalue weighted by Gasteiger charge is 2.62. The number of aromatic nitrogens is 3. The summed E-state index contributed by atoms with van der Waals surface area (Å²) in [4.78, 5) is 16.3. The highest BCUT2D eigenvalue weighted by molar-refractivity contribution is 7.36. The van der Waals surface area contributed by atoms with E-state index in [4.69, 9.17) is 29.2 Å². The minimum atomic E-state index is -2.78. The molecule has 0 saturated carbocycles. The zero-order chi connectivity index (χ0) is 27.0. The summed E-state index contributed by atoms with van der Waals surface area (Å²) in [5.74, 6) is -0.657. The van der Waals surface area contributed by atoms with Gasteiger partial charge in [0.05, 0.1) is 18.9 Å². The second-order valence-corrected chi connectivity index (χ2v) is 11.4. The van der Waals surface area contributed by atoms with Crippen LogP contribution in [0.4, 0.5) is 5.82 Å². The summed E-state index contributed by atoms with van der Waals surface area (Å²) in [5, 5.41) is 7.05. The van der Waals surface area contributed by atoms with E-state index in [0.717, 1.165) is 18.5 Å². The van der Waals surface area contributed by atoms with Crippen LogP contribution in [0.2, 0.25) is 0 Å². The van der Waals surface area contributed by atoms with E-state index in [2.05, 4.69) is 29.0 Å². The van der Waals surface area contributed by atoms with Crippen molar-refractivity contribution in [3.63, 3.8) is 0 Å². The molecule has 1 unspecified atom stereocenters. The Morgan fingerprint density at radius 2 is 1.97 bits per heavy atom. The SMILES string of the molecule is CCC(CC)COC(=O)[C@H](C)N[PH](=O)OC[C@H]1O[C@@](C)(c2ccc3c(N)ncnn23)[C@@H]2OC(C)(C)O[C@@H]21. The smallest absolute Gasteiger partial charge is 0.323 e. The Morgan fingerprint density at radius 1 is 1.24 bits per heavy atom. The lowest BCUT2D eigenvalue weighted by molar-refractivity contribution is -0.211. The van der Waals surface area contributed by atoms with Crippen molar-refractivity contribution in [2.24, 2.45) is 5.92 Å². The van der Waals surface area contributed by atoms with E-state index < -0.39 is 49.9 Å². The Kier molecular flexibility index (Phi) is 8.27. The molecule has 37 heavy (non-hydrogen) atoms. The van der Waals surface area contributed by atoms with Crippen molar-refractivity contribution in [2.45, 2.75) is 90.1 Å². The van der Waals surface area contributed by atoms with Crippen molar-refractivity contribution >= 4 is 25.5 Å². The zero-order valence-electron chi connectivity index (χ0n) is 22.2. The third-order valence-electron chi connectivity index (χ3n) is 7.11. The lowest BCUT2D eigenvalue weighted by atomic mass is 9.93. The molecule has 3 N–H and O–H groups in total. The van der Waals surface area contributed by atoms with Crippen molar-refractivity contribution in [3.05, 3.63) is 24.2 Å². The fraction of sp³-hybridized carbons (Fsp3) is 0.708. The fourth-order valence-electron chi connectivity index (χ4n) is 4.88. The Bertz CT molecular complexity index is 1140. The molecular formula is C24H38N5O7P. The van der Waals surface area contributed by atoms with Gasteiger partial charge in [0.25, 0.3) is 8.18 Å². The normalized spacial score (nSPS) is 28.5. The van der Waals surface area contributed by atoms with E-state index >= 15 is 0 Å². The number of rotatable bonds is 11. The fourth-order valence-corrected chi connectivity index (χ4v) is 5.75. The van der Waals surface area contributed by atoms with Crippen molar-refractivity contribution in [1.29, 1.82) is 0 Å². The molecule has 0 aliphatic carbocycles. The van der Waals surface area contributed by atoms with Gasteiger partial charge in [-0.2, -0.15) is 5.10 Å². The number of fused-ring (bicyclic) bond motifs is 2. The van der Waals surface area contributed by atoms with Crippen LogP contribution >= 0.6 is 8.18 Å². The predicted molar refractivity (Wildman–Crippen MR) is 136 cm³/mol.